The van der Waals surface area contributed by atoms with Crippen LogP contribution in [0.3, 0.4) is 0 Å². The molecule has 120 valence electrons. The van der Waals surface area contributed by atoms with E-state index in [0.717, 1.165) is 28.1 Å². The van der Waals surface area contributed by atoms with E-state index in [9.17, 15) is 4.79 Å². The predicted octanol–water partition coefficient (Wildman–Crippen LogP) is 4.23. The zero-order chi connectivity index (χ0) is 16.2. The van der Waals surface area contributed by atoms with Crippen LogP contribution < -0.4 is 9.64 Å². The number of ether oxygens (including phenoxy) is 1. The van der Waals surface area contributed by atoms with Gasteiger partial charge in [0.25, 0.3) is 0 Å². The Morgan fingerprint density at radius 2 is 2.26 bits per heavy atom. The van der Waals surface area contributed by atoms with E-state index >= 15 is 0 Å². The van der Waals surface area contributed by atoms with Gasteiger partial charge in [-0.3, -0.25) is 9.69 Å². The van der Waals surface area contributed by atoms with Gasteiger partial charge in [0.05, 0.1) is 30.1 Å². The molecule has 0 N–H and O–H groups in total. The average molecular weight is 330 g/mol. The summed E-state index contributed by atoms with van der Waals surface area (Å²) < 4.78 is 11.6. The average Bonchev–Trinajstić information content (AvgIpc) is 3.20. The number of fused-ring (bicyclic) bond motifs is 1. The summed E-state index contributed by atoms with van der Waals surface area (Å²) in [4.78, 5) is 18.8. The van der Waals surface area contributed by atoms with E-state index in [-0.39, 0.29) is 5.91 Å². The smallest absolute Gasteiger partial charge is 0.229 e. The Bertz CT molecular complexity index is 795. The van der Waals surface area contributed by atoms with Crippen molar-refractivity contribution < 1.29 is 13.9 Å². The number of rotatable bonds is 6. The van der Waals surface area contributed by atoms with Crippen LogP contribution in [-0.2, 0) is 11.3 Å². The van der Waals surface area contributed by atoms with Crippen LogP contribution in [0.5, 0.6) is 5.75 Å². The van der Waals surface area contributed by atoms with E-state index in [1.165, 1.54) is 11.3 Å². The molecule has 1 amide bonds. The molecule has 5 nitrogen and oxygen atoms in total. The Morgan fingerprint density at radius 3 is 2.96 bits per heavy atom. The summed E-state index contributed by atoms with van der Waals surface area (Å²) in [5.74, 6) is 1.55. The fraction of sp³-hybridized carbons (Fsp3) is 0.294. The third-order valence-electron chi connectivity index (χ3n) is 3.47. The first-order valence-corrected chi connectivity index (χ1v) is 8.30. The quantitative estimate of drug-likeness (QED) is 0.678. The Hall–Kier alpha value is -2.34. The van der Waals surface area contributed by atoms with Crippen LogP contribution in [-0.4, -0.2) is 18.0 Å². The van der Waals surface area contributed by atoms with E-state index in [2.05, 4.69) is 4.98 Å². The van der Waals surface area contributed by atoms with E-state index in [1.54, 1.807) is 18.3 Å². The summed E-state index contributed by atoms with van der Waals surface area (Å²) in [5, 5.41) is 0.683. The van der Waals surface area contributed by atoms with Gasteiger partial charge in [-0.25, -0.2) is 4.98 Å². The highest BCUT2D eigenvalue weighted by molar-refractivity contribution is 7.22. The van der Waals surface area contributed by atoms with Gasteiger partial charge in [-0.05, 0) is 30.7 Å². The monoisotopic (exact) mass is 330 g/mol. The van der Waals surface area contributed by atoms with Crippen molar-refractivity contribution in [3.05, 3.63) is 42.4 Å². The van der Waals surface area contributed by atoms with Gasteiger partial charge in [-0.2, -0.15) is 0 Å². The molecule has 1 aromatic carbocycles. The lowest BCUT2D eigenvalue weighted by molar-refractivity contribution is -0.118. The van der Waals surface area contributed by atoms with Gasteiger partial charge in [0.1, 0.15) is 11.5 Å². The Labute approximate surface area is 138 Å². The summed E-state index contributed by atoms with van der Waals surface area (Å²) >= 11 is 1.50. The van der Waals surface area contributed by atoms with Crippen molar-refractivity contribution in [3.63, 3.8) is 0 Å². The molecular formula is C17H18N2O3S. The Balaban J connectivity index is 1.96. The van der Waals surface area contributed by atoms with E-state index < -0.39 is 0 Å². The highest BCUT2D eigenvalue weighted by Gasteiger charge is 2.20. The van der Waals surface area contributed by atoms with Gasteiger partial charge in [-0.1, -0.05) is 18.3 Å². The Morgan fingerprint density at radius 1 is 1.39 bits per heavy atom. The number of hydrogen-bond donors (Lipinski definition) is 0. The van der Waals surface area contributed by atoms with Gasteiger partial charge in [-0.15, -0.1) is 0 Å². The number of methoxy groups -OCH3 is 1. The van der Waals surface area contributed by atoms with Gasteiger partial charge >= 0.3 is 0 Å². The molecule has 0 aliphatic rings. The Kier molecular flexibility index (Phi) is 4.62. The minimum absolute atomic E-state index is 0.0509. The van der Waals surface area contributed by atoms with Crippen LogP contribution in [0.15, 0.2) is 41.0 Å². The fourth-order valence-corrected chi connectivity index (χ4v) is 3.27. The molecule has 0 atom stereocenters. The molecule has 0 radical (unpaired) electrons. The van der Waals surface area contributed by atoms with Crippen LogP contribution in [0.1, 0.15) is 25.5 Å². The van der Waals surface area contributed by atoms with Crippen LogP contribution in [0.2, 0.25) is 0 Å². The first kappa shape index (κ1) is 15.6. The molecule has 0 unspecified atom stereocenters. The number of hydrogen-bond acceptors (Lipinski definition) is 5. The van der Waals surface area contributed by atoms with E-state index in [4.69, 9.17) is 9.15 Å². The standard InChI is InChI=1S/C17H18N2O3S/c1-3-5-16(20)19(11-13-6-4-9-22-13)17-18-14-10-12(21-2)7-8-15(14)23-17/h4,6-10H,3,5,11H2,1-2H3. The zero-order valence-electron chi connectivity index (χ0n) is 13.1. The summed E-state index contributed by atoms with van der Waals surface area (Å²) in [6, 6.07) is 9.42. The lowest BCUT2D eigenvalue weighted by Crippen LogP contribution is -2.29. The highest BCUT2D eigenvalue weighted by atomic mass is 32.1. The van der Waals surface area contributed by atoms with E-state index in [1.807, 2.05) is 37.3 Å². The normalized spacial score (nSPS) is 10.9. The first-order chi connectivity index (χ1) is 11.2. The summed E-state index contributed by atoms with van der Waals surface area (Å²) in [6.45, 7) is 2.38. The SMILES string of the molecule is CCCC(=O)N(Cc1ccco1)c1nc2cc(OC)ccc2s1. The van der Waals surface area contributed by atoms with Gasteiger partial charge in [0, 0.05) is 12.5 Å². The molecule has 0 aliphatic heterocycles. The number of aromatic nitrogens is 1. The molecule has 3 rings (SSSR count). The van der Waals surface area contributed by atoms with Crippen molar-refractivity contribution in [3.8, 4) is 5.75 Å². The van der Waals surface area contributed by atoms with Crippen molar-refractivity contribution in [1.29, 1.82) is 0 Å². The first-order valence-electron chi connectivity index (χ1n) is 7.48. The molecule has 0 saturated heterocycles. The molecule has 0 aliphatic carbocycles. The molecule has 2 heterocycles. The van der Waals surface area contributed by atoms with Crippen LogP contribution in [0, 0.1) is 0 Å². The molecule has 0 spiro atoms. The number of thiazole rings is 1. The number of furan rings is 1. The maximum Gasteiger partial charge on any atom is 0.229 e. The van der Waals surface area contributed by atoms with Crippen LogP contribution in [0.25, 0.3) is 10.2 Å². The van der Waals surface area contributed by atoms with Crippen molar-refractivity contribution in [2.45, 2.75) is 26.3 Å². The largest absolute Gasteiger partial charge is 0.497 e. The second-order valence-electron chi connectivity index (χ2n) is 5.14. The number of carbonyl (C=O) groups excluding carboxylic acids is 1. The molecule has 2 aromatic heterocycles. The van der Waals surface area contributed by atoms with Gasteiger partial charge in [0.2, 0.25) is 5.91 Å². The maximum absolute atomic E-state index is 12.5. The maximum atomic E-state index is 12.5. The minimum atomic E-state index is 0.0509. The molecule has 23 heavy (non-hydrogen) atoms. The zero-order valence-corrected chi connectivity index (χ0v) is 13.9. The van der Waals surface area contributed by atoms with Gasteiger partial charge < -0.3 is 9.15 Å². The van der Waals surface area contributed by atoms with Crippen molar-refractivity contribution in [2.24, 2.45) is 0 Å². The van der Waals surface area contributed by atoms with Crippen LogP contribution >= 0.6 is 11.3 Å². The second kappa shape index (κ2) is 6.83. The summed E-state index contributed by atoms with van der Waals surface area (Å²) in [6.07, 6.45) is 2.90. The molecule has 0 fully saturated rings. The molecule has 3 aromatic rings. The summed E-state index contributed by atoms with van der Waals surface area (Å²) in [5.41, 5.74) is 0.832. The minimum Gasteiger partial charge on any atom is -0.497 e. The summed E-state index contributed by atoms with van der Waals surface area (Å²) in [7, 11) is 1.63. The number of carbonyl (C=O) groups is 1. The highest BCUT2D eigenvalue weighted by Crippen LogP contribution is 2.32. The topological polar surface area (TPSA) is 55.6 Å². The predicted molar refractivity (Wildman–Crippen MR) is 91.0 cm³/mol. The van der Waals surface area contributed by atoms with E-state index in [0.29, 0.717) is 18.1 Å². The molecule has 6 heteroatoms. The third-order valence-corrected chi connectivity index (χ3v) is 4.53. The lowest BCUT2D eigenvalue weighted by atomic mass is 10.3. The number of anilines is 1. The molecule has 0 bridgehead atoms. The molecule has 0 saturated carbocycles. The van der Waals surface area contributed by atoms with Crippen LogP contribution in [0.4, 0.5) is 5.13 Å². The molecular weight excluding hydrogens is 312 g/mol. The van der Waals surface area contributed by atoms with Gasteiger partial charge in [0.15, 0.2) is 5.13 Å². The number of nitrogens with zero attached hydrogens (tertiary/aromatic N) is 2. The van der Waals surface area contributed by atoms with Crippen molar-refractivity contribution in [2.75, 3.05) is 12.0 Å². The second-order valence-corrected chi connectivity index (χ2v) is 6.15. The lowest BCUT2D eigenvalue weighted by Gasteiger charge is -2.18. The third kappa shape index (κ3) is 3.37. The van der Waals surface area contributed by atoms with Crippen molar-refractivity contribution >= 4 is 32.6 Å². The fourth-order valence-electron chi connectivity index (χ4n) is 2.31. The number of amides is 1. The van der Waals surface area contributed by atoms with Crippen molar-refractivity contribution in [1.82, 2.24) is 4.98 Å². The number of benzene rings is 1.